The van der Waals surface area contributed by atoms with Crippen molar-refractivity contribution in [3.63, 3.8) is 0 Å². The molecule has 0 fully saturated rings. The molecular weight excluding hydrogens is 469 g/mol. The van der Waals surface area contributed by atoms with Crippen molar-refractivity contribution in [2.75, 3.05) is 38.1 Å². The van der Waals surface area contributed by atoms with Gasteiger partial charge in [0.25, 0.3) is 5.91 Å². The average Bonchev–Trinajstić information content (AvgIpc) is 2.71. The highest BCUT2D eigenvalue weighted by Crippen LogP contribution is 2.15. The van der Waals surface area contributed by atoms with Gasteiger partial charge in [-0.2, -0.15) is 0 Å². The minimum Gasteiger partial charge on any atom is -0.492 e. The van der Waals surface area contributed by atoms with Crippen molar-refractivity contribution < 1.29 is 14.3 Å². The molecule has 0 atom stereocenters. The van der Waals surface area contributed by atoms with Gasteiger partial charge in [-0.05, 0) is 72.1 Å². The average molecular weight is 495 g/mol. The zero-order chi connectivity index (χ0) is 20.4. The van der Waals surface area contributed by atoms with Crippen molar-refractivity contribution in [2.45, 2.75) is 13.8 Å². The molecule has 0 spiro atoms. The highest BCUT2D eigenvalue weighted by Gasteiger charge is 2.11. The Hall–Kier alpha value is -2.13. The van der Waals surface area contributed by atoms with E-state index in [1.54, 1.807) is 24.3 Å². The number of benzene rings is 2. The summed E-state index contributed by atoms with van der Waals surface area (Å²) >= 11 is 2.10. The summed E-state index contributed by atoms with van der Waals surface area (Å²) in [5.74, 6) is 0.212. The Balaban J connectivity index is 1.76. The van der Waals surface area contributed by atoms with Gasteiger partial charge in [0, 0.05) is 15.8 Å². The van der Waals surface area contributed by atoms with E-state index in [1.807, 2.05) is 24.3 Å². The molecule has 7 heteroatoms. The summed E-state index contributed by atoms with van der Waals surface area (Å²) < 4.78 is 6.57. The molecule has 2 aromatic rings. The second-order valence-corrected chi connectivity index (χ2v) is 7.27. The van der Waals surface area contributed by atoms with Crippen LogP contribution in [-0.4, -0.2) is 49.5 Å². The Morgan fingerprint density at radius 3 is 2.36 bits per heavy atom. The summed E-state index contributed by atoms with van der Waals surface area (Å²) in [5.41, 5.74) is 1.21. The summed E-state index contributed by atoms with van der Waals surface area (Å²) in [5, 5.41) is 5.40. The minimum absolute atomic E-state index is 0.0913. The number of nitrogens with one attached hydrogen (secondary N) is 2. The van der Waals surface area contributed by atoms with Crippen molar-refractivity contribution in [1.82, 2.24) is 10.2 Å². The van der Waals surface area contributed by atoms with Gasteiger partial charge in [-0.1, -0.05) is 26.0 Å². The third kappa shape index (κ3) is 7.12. The van der Waals surface area contributed by atoms with Gasteiger partial charge in [0.15, 0.2) is 0 Å². The van der Waals surface area contributed by atoms with E-state index < -0.39 is 0 Å². The number of nitrogens with zero attached hydrogens (tertiary/aromatic N) is 1. The van der Waals surface area contributed by atoms with Crippen LogP contribution in [0.5, 0.6) is 5.75 Å². The maximum Gasteiger partial charge on any atom is 0.252 e. The van der Waals surface area contributed by atoms with Gasteiger partial charge < -0.3 is 20.3 Å². The predicted octanol–water partition coefficient (Wildman–Crippen LogP) is 3.38. The smallest absolute Gasteiger partial charge is 0.252 e. The van der Waals surface area contributed by atoms with Gasteiger partial charge in [0.2, 0.25) is 5.91 Å². The fourth-order valence-electron chi connectivity index (χ4n) is 2.57. The van der Waals surface area contributed by atoms with Crippen LogP contribution in [0.3, 0.4) is 0 Å². The monoisotopic (exact) mass is 495 g/mol. The van der Waals surface area contributed by atoms with E-state index in [-0.39, 0.29) is 18.4 Å². The van der Waals surface area contributed by atoms with E-state index in [2.05, 4.69) is 52.0 Å². The molecule has 28 heavy (non-hydrogen) atoms. The Labute approximate surface area is 179 Å². The number of hydrogen-bond acceptors (Lipinski definition) is 4. The first-order valence-electron chi connectivity index (χ1n) is 9.31. The Morgan fingerprint density at radius 2 is 1.71 bits per heavy atom. The zero-order valence-corrected chi connectivity index (χ0v) is 18.4. The second-order valence-electron chi connectivity index (χ2n) is 6.11. The highest BCUT2D eigenvalue weighted by atomic mass is 127. The van der Waals surface area contributed by atoms with Crippen LogP contribution in [0.15, 0.2) is 48.5 Å². The number of anilines is 1. The lowest BCUT2D eigenvalue weighted by Gasteiger charge is -2.18. The number of amides is 2. The molecule has 0 radical (unpaired) electrons. The number of carbonyl (C=O) groups excluding carboxylic acids is 2. The van der Waals surface area contributed by atoms with E-state index in [9.17, 15) is 9.59 Å². The second kappa shape index (κ2) is 11.7. The van der Waals surface area contributed by atoms with Crippen molar-refractivity contribution in [1.29, 1.82) is 0 Å². The Kier molecular flexibility index (Phi) is 9.22. The van der Waals surface area contributed by atoms with Crippen LogP contribution in [0.25, 0.3) is 0 Å². The molecule has 0 aliphatic rings. The fraction of sp³-hybridized carbons (Fsp3) is 0.333. The molecule has 2 amide bonds. The third-order valence-electron chi connectivity index (χ3n) is 4.24. The van der Waals surface area contributed by atoms with E-state index >= 15 is 0 Å². The molecule has 2 aromatic carbocycles. The molecule has 0 saturated carbocycles. The standard InChI is InChI=1S/C21H26IN3O3/c1-3-25(4-2)13-14-28-17-11-9-16(10-12-17)24-20(26)15-23-21(27)18-7-5-6-8-19(18)22/h5-12H,3-4,13-15H2,1-2H3,(H,23,27)(H,24,26). The summed E-state index contributed by atoms with van der Waals surface area (Å²) in [4.78, 5) is 26.5. The van der Waals surface area contributed by atoms with Crippen molar-refractivity contribution >= 4 is 40.1 Å². The van der Waals surface area contributed by atoms with E-state index in [0.29, 0.717) is 17.9 Å². The lowest BCUT2D eigenvalue weighted by molar-refractivity contribution is -0.115. The van der Waals surface area contributed by atoms with Crippen molar-refractivity contribution in [3.05, 3.63) is 57.7 Å². The van der Waals surface area contributed by atoms with Crippen LogP contribution in [0.1, 0.15) is 24.2 Å². The summed E-state index contributed by atoms with van der Waals surface area (Å²) in [6.45, 7) is 7.68. The van der Waals surface area contributed by atoms with Gasteiger partial charge in [0.05, 0.1) is 12.1 Å². The number of hydrogen-bond donors (Lipinski definition) is 2. The van der Waals surface area contributed by atoms with Crippen molar-refractivity contribution in [2.24, 2.45) is 0 Å². The first kappa shape index (κ1) is 22.2. The quantitative estimate of drug-likeness (QED) is 0.496. The predicted molar refractivity (Wildman–Crippen MR) is 120 cm³/mol. The largest absolute Gasteiger partial charge is 0.492 e. The van der Waals surface area contributed by atoms with Crippen LogP contribution in [0, 0.1) is 3.57 Å². The Bertz CT molecular complexity index is 777. The lowest BCUT2D eigenvalue weighted by atomic mass is 10.2. The van der Waals surface area contributed by atoms with Crippen LogP contribution < -0.4 is 15.4 Å². The lowest BCUT2D eigenvalue weighted by Crippen LogP contribution is -2.33. The molecule has 0 aliphatic heterocycles. The summed E-state index contributed by atoms with van der Waals surface area (Å²) in [7, 11) is 0. The zero-order valence-electron chi connectivity index (χ0n) is 16.2. The maximum absolute atomic E-state index is 12.1. The molecule has 0 saturated heterocycles. The molecular formula is C21H26IN3O3. The van der Waals surface area contributed by atoms with Crippen LogP contribution >= 0.6 is 22.6 Å². The number of likely N-dealkylation sites (N-methyl/N-ethyl adjacent to an activating group) is 1. The number of rotatable bonds is 10. The topological polar surface area (TPSA) is 70.7 Å². The first-order valence-corrected chi connectivity index (χ1v) is 10.4. The van der Waals surface area contributed by atoms with Gasteiger partial charge in [-0.25, -0.2) is 0 Å². The van der Waals surface area contributed by atoms with E-state index in [1.165, 1.54) is 0 Å². The molecule has 2 rings (SSSR count). The SMILES string of the molecule is CCN(CC)CCOc1ccc(NC(=O)CNC(=O)c2ccccc2I)cc1. The number of halogens is 1. The van der Waals surface area contributed by atoms with E-state index in [0.717, 1.165) is 29.0 Å². The van der Waals surface area contributed by atoms with Crippen LogP contribution in [0.4, 0.5) is 5.69 Å². The van der Waals surface area contributed by atoms with Gasteiger partial charge >= 0.3 is 0 Å². The molecule has 2 N–H and O–H groups in total. The van der Waals surface area contributed by atoms with Crippen LogP contribution in [0.2, 0.25) is 0 Å². The molecule has 0 bridgehead atoms. The number of carbonyl (C=O) groups is 2. The minimum atomic E-state index is -0.283. The number of ether oxygens (including phenoxy) is 1. The van der Waals surface area contributed by atoms with Crippen LogP contribution in [-0.2, 0) is 4.79 Å². The summed E-state index contributed by atoms with van der Waals surface area (Å²) in [6, 6.07) is 14.4. The van der Waals surface area contributed by atoms with E-state index in [4.69, 9.17) is 4.74 Å². The molecule has 0 aliphatic carbocycles. The first-order chi connectivity index (χ1) is 13.5. The maximum atomic E-state index is 12.1. The summed E-state index contributed by atoms with van der Waals surface area (Å²) in [6.07, 6.45) is 0. The van der Waals surface area contributed by atoms with Gasteiger partial charge in [-0.3, -0.25) is 9.59 Å². The third-order valence-corrected chi connectivity index (χ3v) is 5.18. The normalized spacial score (nSPS) is 10.6. The molecule has 0 unspecified atom stereocenters. The molecule has 6 nitrogen and oxygen atoms in total. The molecule has 0 aromatic heterocycles. The van der Waals surface area contributed by atoms with Gasteiger partial charge in [-0.15, -0.1) is 0 Å². The van der Waals surface area contributed by atoms with Crippen molar-refractivity contribution in [3.8, 4) is 5.75 Å². The van der Waals surface area contributed by atoms with Gasteiger partial charge in [0.1, 0.15) is 12.4 Å². The Morgan fingerprint density at radius 1 is 1.04 bits per heavy atom. The fourth-order valence-corrected chi connectivity index (χ4v) is 3.21. The highest BCUT2D eigenvalue weighted by molar-refractivity contribution is 14.1. The molecule has 150 valence electrons. The molecule has 0 heterocycles.